The Kier molecular flexibility index (Phi) is 6.93. The number of thioether (sulfide) groups is 1. The highest BCUT2D eigenvalue weighted by Gasteiger charge is 2.17. The molecule has 9 heteroatoms. The number of aromatic nitrogens is 1. The largest absolute Gasteiger partial charge is 0.376 e. The van der Waals surface area contributed by atoms with Crippen LogP contribution in [0.1, 0.15) is 12.7 Å². The number of nitrogens with zero attached hydrogens (tertiary/aromatic N) is 2. The maximum atomic E-state index is 12.2. The van der Waals surface area contributed by atoms with E-state index in [2.05, 4.69) is 15.8 Å². The first-order valence-corrected chi connectivity index (χ1v) is 9.31. The maximum Gasteiger partial charge on any atom is 0.238 e. The molecule has 1 heterocycles. The summed E-state index contributed by atoms with van der Waals surface area (Å²) in [6.07, 6.45) is 0. The second-order valence-electron chi connectivity index (χ2n) is 5.87. The number of benzene rings is 1. The molecule has 2 aromatic rings. The maximum absolute atomic E-state index is 12.2. The molecule has 1 unspecified atom stereocenters. The summed E-state index contributed by atoms with van der Waals surface area (Å²) in [4.78, 5) is 26.2. The van der Waals surface area contributed by atoms with Gasteiger partial charge in [-0.2, -0.15) is 0 Å². The first-order chi connectivity index (χ1) is 12.3. The van der Waals surface area contributed by atoms with E-state index in [4.69, 9.17) is 16.1 Å². The third-order valence-electron chi connectivity index (χ3n) is 3.43. The van der Waals surface area contributed by atoms with Gasteiger partial charge in [-0.15, -0.1) is 11.8 Å². The van der Waals surface area contributed by atoms with Crippen molar-refractivity contribution < 1.29 is 14.1 Å². The van der Waals surface area contributed by atoms with Crippen LogP contribution in [0.15, 0.2) is 28.8 Å². The van der Waals surface area contributed by atoms with Gasteiger partial charge in [0.2, 0.25) is 11.8 Å². The number of amides is 2. The highest BCUT2D eigenvalue weighted by molar-refractivity contribution is 8.01. The number of aryl methyl sites for hydroxylation is 1. The summed E-state index contributed by atoms with van der Waals surface area (Å²) < 4.78 is 4.90. The molecule has 7 nitrogen and oxygen atoms in total. The predicted molar refractivity (Wildman–Crippen MR) is 106 cm³/mol. The molecule has 140 valence electrons. The minimum absolute atomic E-state index is 0.131. The van der Waals surface area contributed by atoms with Crippen LogP contribution in [0.2, 0.25) is 5.02 Å². The minimum atomic E-state index is -0.426. The first-order valence-electron chi connectivity index (χ1n) is 7.88. The van der Waals surface area contributed by atoms with Crippen LogP contribution in [0.5, 0.6) is 0 Å². The molecular weight excluding hydrogens is 376 g/mol. The zero-order valence-corrected chi connectivity index (χ0v) is 16.6. The van der Waals surface area contributed by atoms with Gasteiger partial charge in [0.1, 0.15) is 5.76 Å². The van der Waals surface area contributed by atoms with Crippen LogP contribution >= 0.6 is 23.4 Å². The van der Waals surface area contributed by atoms with Gasteiger partial charge in [-0.05, 0) is 32.0 Å². The Labute approximate surface area is 161 Å². The summed E-state index contributed by atoms with van der Waals surface area (Å²) in [7, 11) is 3.76. The van der Waals surface area contributed by atoms with E-state index in [1.54, 1.807) is 32.0 Å². The monoisotopic (exact) mass is 396 g/mol. The number of nitrogens with one attached hydrogen (secondary N) is 2. The van der Waals surface area contributed by atoms with Gasteiger partial charge < -0.3 is 20.1 Å². The van der Waals surface area contributed by atoms with E-state index in [9.17, 15) is 9.59 Å². The Morgan fingerprint density at radius 1 is 1.31 bits per heavy atom. The summed E-state index contributed by atoms with van der Waals surface area (Å²) in [5.41, 5.74) is 1.48. The van der Waals surface area contributed by atoms with Gasteiger partial charge in [0, 0.05) is 25.2 Å². The van der Waals surface area contributed by atoms with Crippen LogP contribution in [-0.2, 0) is 9.59 Å². The fourth-order valence-corrected chi connectivity index (χ4v) is 2.97. The Balaban J connectivity index is 1.88. The van der Waals surface area contributed by atoms with E-state index < -0.39 is 5.25 Å². The standard InChI is InChI=1S/C17H21ClN4O3S/c1-10-7-15(21-25-10)20-17(24)11(2)26-9-16(23)19-13-8-12(18)5-6-14(13)22(3)4/h5-8,11H,9H2,1-4H3,(H,19,23)(H,20,21,24). The van der Waals surface area contributed by atoms with Gasteiger partial charge in [-0.1, -0.05) is 16.8 Å². The molecule has 1 aromatic carbocycles. The number of carbonyl (C=O) groups is 2. The van der Waals surface area contributed by atoms with Crippen LogP contribution in [0.3, 0.4) is 0 Å². The third kappa shape index (κ3) is 5.67. The second kappa shape index (κ2) is 8.95. The smallest absolute Gasteiger partial charge is 0.238 e. The van der Waals surface area contributed by atoms with E-state index in [1.807, 2.05) is 25.1 Å². The van der Waals surface area contributed by atoms with Gasteiger partial charge in [-0.25, -0.2) is 0 Å². The zero-order valence-electron chi connectivity index (χ0n) is 15.0. The van der Waals surface area contributed by atoms with Crippen molar-refractivity contribution >= 4 is 52.4 Å². The topological polar surface area (TPSA) is 87.5 Å². The van der Waals surface area contributed by atoms with Gasteiger partial charge in [0.15, 0.2) is 5.82 Å². The van der Waals surface area contributed by atoms with E-state index in [-0.39, 0.29) is 17.6 Å². The SMILES string of the molecule is Cc1cc(NC(=O)C(C)SCC(=O)Nc2cc(Cl)ccc2N(C)C)no1. The molecule has 2 N–H and O–H groups in total. The van der Waals surface area contributed by atoms with Crippen molar-refractivity contribution in [3.05, 3.63) is 35.0 Å². The van der Waals surface area contributed by atoms with Crippen molar-refractivity contribution in [2.75, 3.05) is 35.4 Å². The number of hydrogen-bond donors (Lipinski definition) is 2. The van der Waals surface area contributed by atoms with E-state index >= 15 is 0 Å². The molecular formula is C17H21ClN4O3S. The van der Waals surface area contributed by atoms with Crippen LogP contribution in [-0.4, -0.2) is 42.1 Å². The van der Waals surface area contributed by atoms with Crippen molar-refractivity contribution in [1.82, 2.24) is 5.16 Å². The summed E-state index contributed by atoms with van der Waals surface area (Å²) in [6, 6.07) is 6.92. The van der Waals surface area contributed by atoms with Gasteiger partial charge in [0.05, 0.1) is 22.4 Å². The van der Waals surface area contributed by atoms with Crippen molar-refractivity contribution in [2.24, 2.45) is 0 Å². The molecule has 0 radical (unpaired) electrons. The molecule has 2 amide bonds. The summed E-state index contributed by atoms with van der Waals surface area (Å²) in [5, 5.41) is 9.30. The van der Waals surface area contributed by atoms with Crippen molar-refractivity contribution in [1.29, 1.82) is 0 Å². The Morgan fingerprint density at radius 3 is 2.65 bits per heavy atom. The Hall–Kier alpha value is -2.19. The highest BCUT2D eigenvalue weighted by Crippen LogP contribution is 2.28. The van der Waals surface area contributed by atoms with Crippen molar-refractivity contribution in [3.8, 4) is 0 Å². The third-order valence-corrected chi connectivity index (χ3v) is 4.81. The van der Waals surface area contributed by atoms with E-state index in [0.29, 0.717) is 22.3 Å². The van der Waals surface area contributed by atoms with E-state index in [0.717, 1.165) is 5.69 Å². The van der Waals surface area contributed by atoms with Crippen LogP contribution in [0.4, 0.5) is 17.2 Å². The Bertz CT molecular complexity index is 794. The Morgan fingerprint density at radius 2 is 2.04 bits per heavy atom. The molecule has 0 aliphatic carbocycles. The van der Waals surface area contributed by atoms with Gasteiger partial charge in [0.25, 0.3) is 0 Å². The molecule has 0 saturated heterocycles. The normalized spacial score (nSPS) is 11.7. The summed E-state index contributed by atoms with van der Waals surface area (Å²) >= 11 is 7.24. The number of hydrogen-bond acceptors (Lipinski definition) is 6. The fourth-order valence-electron chi connectivity index (χ4n) is 2.11. The fraction of sp³-hybridized carbons (Fsp3) is 0.353. The van der Waals surface area contributed by atoms with Gasteiger partial charge in [-0.3, -0.25) is 9.59 Å². The zero-order chi connectivity index (χ0) is 19.3. The molecule has 0 saturated carbocycles. The second-order valence-corrected chi connectivity index (χ2v) is 7.63. The first kappa shape index (κ1) is 20.1. The molecule has 0 fully saturated rings. The van der Waals surface area contributed by atoms with E-state index in [1.165, 1.54) is 11.8 Å². The predicted octanol–water partition coefficient (Wildman–Crippen LogP) is 3.40. The summed E-state index contributed by atoms with van der Waals surface area (Å²) in [5.74, 6) is 0.647. The average Bonchev–Trinajstić information content (AvgIpc) is 2.97. The lowest BCUT2D eigenvalue weighted by Gasteiger charge is -2.18. The number of halogens is 1. The minimum Gasteiger partial charge on any atom is -0.376 e. The van der Waals surface area contributed by atoms with Crippen LogP contribution < -0.4 is 15.5 Å². The lowest BCUT2D eigenvalue weighted by atomic mass is 10.2. The van der Waals surface area contributed by atoms with Crippen molar-refractivity contribution in [3.63, 3.8) is 0 Å². The van der Waals surface area contributed by atoms with Crippen molar-refractivity contribution in [2.45, 2.75) is 19.1 Å². The molecule has 2 rings (SSSR count). The summed E-state index contributed by atoms with van der Waals surface area (Å²) in [6.45, 7) is 3.47. The van der Waals surface area contributed by atoms with Crippen LogP contribution in [0.25, 0.3) is 0 Å². The lowest BCUT2D eigenvalue weighted by molar-refractivity contribution is -0.115. The number of rotatable bonds is 7. The van der Waals surface area contributed by atoms with Gasteiger partial charge >= 0.3 is 0 Å². The molecule has 0 spiro atoms. The molecule has 1 aromatic heterocycles. The number of carbonyl (C=O) groups excluding carboxylic acids is 2. The average molecular weight is 397 g/mol. The quantitative estimate of drug-likeness (QED) is 0.745. The molecule has 26 heavy (non-hydrogen) atoms. The number of anilines is 3. The molecule has 0 aliphatic heterocycles. The molecule has 0 aliphatic rings. The molecule has 1 atom stereocenters. The molecule has 0 bridgehead atoms. The highest BCUT2D eigenvalue weighted by atomic mass is 35.5. The lowest BCUT2D eigenvalue weighted by Crippen LogP contribution is -2.25. The van der Waals surface area contributed by atoms with Crippen LogP contribution in [0, 0.1) is 6.92 Å².